The maximum absolute atomic E-state index is 2.25. The van der Waals surface area contributed by atoms with Crippen LogP contribution in [-0.4, -0.2) is 18.5 Å². The van der Waals surface area contributed by atoms with E-state index < -0.39 is 0 Å². The Kier molecular flexibility index (Phi) is 2.53. The van der Waals surface area contributed by atoms with Gasteiger partial charge in [0, 0.05) is 19.3 Å². The zero-order valence-corrected chi connectivity index (χ0v) is 7.46. The van der Waals surface area contributed by atoms with Gasteiger partial charge in [-0.2, -0.15) is 0 Å². The second-order valence-electron chi connectivity index (χ2n) is 2.70. The molecule has 0 amide bonds. The summed E-state index contributed by atoms with van der Waals surface area (Å²) in [6, 6.07) is 0. The van der Waals surface area contributed by atoms with Gasteiger partial charge in [0.25, 0.3) is 0 Å². The van der Waals surface area contributed by atoms with Crippen molar-refractivity contribution in [3.63, 3.8) is 0 Å². The molecule has 11 heavy (non-hydrogen) atoms. The van der Waals surface area contributed by atoms with Gasteiger partial charge in [0.1, 0.15) is 0 Å². The van der Waals surface area contributed by atoms with Crippen LogP contribution in [0.3, 0.4) is 0 Å². The van der Waals surface area contributed by atoms with Crippen molar-refractivity contribution in [1.29, 1.82) is 0 Å². The highest BCUT2D eigenvalue weighted by atomic mass is 15.1. The lowest BCUT2D eigenvalue weighted by atomic mass is 10.1. The molecule has 1 heteroatoms. The Morgan fingerprint density at radius 2 is 2.09 bits per heavy atom. The first kappa shape index (κ1) is 8.12. The average molecular weight is 149 g/mol. The van der Waals surface area contributed by atoms with Gasteiger partial charge in [0.2, 0.25) is 0 Å². The van der Waals surface area contributed by atoms with Crippen LogP contribution in [0.25, 0.3) is 0 Å². The molecule has 1 aliphatic rings. The summed E-state index contributed by atoms with van der Waals surface area (Å²) in [6.07, 6.45) is 8.65. The van der Waals surface area contributed by atoms with Crippen molar-refractivity contribution < 1.29 is 0 Å². The lowest BCUT2D eigenvalue weighted by Gasteiger charge is -2.25. The van der Waals surface area contributed by atoms with Crippen LogP contribution in [0, 0.1) is 0 Å². The number of hydrogen-bond acceptors (Lipinski definition) is 1. The van der Waals surface area contributed by atoms with Crippen molar-refractivity contribution in [2.75, 3.05) is 13.6 Å². The number of likely N-dealkylation sites (N-methyl/N-ethyl adjacent to an activating group) is 1. The van der Waals surface area contributed by atoms with E-state index in [1.807, 2.05) is 0 Å². The Morgan fingerprint density at radius 1 is 1.36 bits per heavy atom. The number of nitrogens with zero attached hydrogens (tertiary/aromatic N) is 1. The van der Waals surface area contributed by atoms with Gasteiger partial charge < -0.3 is 4.90 Å². The van der Waals surface area contributed by atoms with Crippen LogP contribution >= 0.6 is 0 Å². The fraction of sp³-hybridized carbons (Fsp3) is 0.400. The van der Waals surface area contributed by atoms with Crippen molar-refractivity contribution in [1.82, 2.24) is 4.90 Å². The molecule has 0 bridgehead atoms. The lowest BCUT2D eigenvalue weighted by Crippen LogP contribution is -2.21. The zero-order valence-electron chi connectivity index (χ0n) is 7.46. The number of hydrogen-bond donors (Lipinski definition) is 0. The van der Waals surface area contributed by atoms with Gasteiger partial charge >= 0.3 is 0 Å². The first-order valence-corrected chi connectivity index (χ1v) is 4.00. The first-order chi connectivity index (χ1) is 5.29. The Morgan fingerprint density at radius 3 is 2.55 bits per heavy atom. The van der Waals surface area contributed by atoms with Crippen molar-refractivity contribution >= 4 is 0 Å². The summed E-state index contributed by atoms with van der Waals surface area (Å²) >= 11 is 0. The second-order valence-corrected chi connectivity index (χ2v) is 2.70. The van der Waals surface area contributed by atoms with Gasteiger partial charge in [0.05, 0.1) is 0 Å². The molecule has 0 saturated heterocycles. The molecule has 0 aromatic carbocycles. The van der Waals surface area contributed by atoms with Crippen molar-refractivity contribution in [3.8, 4) is 0 Å². The third-order valence-corrected chi connectivity index (χ3v) is 1.97. The molecule has 0 aliphatic carbocycles. The normalized spacial score (nSPS) is 25.2. The van der Waals surface area contributed by atoms with Crippen LogP contribution in [0.1, 0.15) is 13.8 Å². The largest absolute Gasteiger partial charge is 0.371 e. The minimum absolute atomic E-state index is 1.02. The van der Waals surface area contributed by atoms with E-state index in [4.69, 9.17) is 0 Å². The van der Waals surface area contributed by atoms with E-state index in [1.54, 1.807) is 0 Å². The number of rotatable bonds is 0. The van der Waals surface area contributed by atoms with Crippen LogP contribution < -0.4 is 0 Å². The molecule has 0 spiro atoms. The summed E-state index contributed by atoms with van der Waals surface area (Å²) < 4.78 is 0. The summed E-state index contributed by atoms with van der Waals surface area (Å²) in [7, 11) is 2.11. The molecule has 0 N–H and O–H groups in total. The summed E-state index contributed by atoms with van der Waals surface area (Å²) in [4.78, 5) is 2.25. The maximum atomic E-state index is 2.25. The Bertz CT molecular complexity index is 221. The molecule has 0 saturated carbocycles. The highest BCUT2D eigenvalue weighted by Gasteiger charge is 2.08. The minimum Gasteiger partial charge on any atom is -0.371 e. The SMILES string of the molecule is C/C=C1/C=CCN(C)/C1=C/C. The monoisotopic (exact) mass is 149 g/mol. The van der Waals surface area contributed by atoms with E-state index >= 15 is 0 Å². The van der Waals surface area contributed by atoms with E-state index in [0.29, 0.717) is 0 Å². The summed E-state index contributed by atoms with van der Waals surface area (Å²) in [5.41, 5.74) is 2.65. The molecular formula is C10H15N. The minimum atomic E-state index is 1.02. The van der Waals surface area contributed by atoms with E-state index in [0.717, 1.165) is 6.54 Å². The molecule has 1 nitrogen and oxygen atoms in total. The van der Waals surface area contributed by atoms with Crippen LogP contribution in [0.15, 0.2) is 35.6 Å². The topological polar surface area (TPSA) is 3.24 Å². The van der Waals surface area contributed by atoms with Gasteiger partial charge in [0.15, 0.2) is 0 Å². The molecule has 0 unspecified atom stereocenters. The van der Waals surface area contributed by atoms with Crippen molar-refractivity contribution in [3.05, 3.63) is 35.6 Å². The van der Waals surface area contributed by atoms with Gasteiger partial charge in [-0.15, -0.1) is 0 Å². The summed E-state index contributed by atoms with van der Waals surface area (Å²) in [5, 5.41) is 0. The van der Waals surface area contributed by atoms with Crippen molar-refractivity contribution in [2.45, 2.75) is 13.8 Å². The molecule has 1 rings (SSSR count). The molecule has 1 aliphatic heterocycles. The van der Waals surface area contributed by atoms with E-state index in [-0.39, 0.29) is 0 Å². The van der Waals surface area contributed by atoms with Crippen LogP contribution in [0.4, 0.5) is 0 Å². The molecule has 0 radical (unpaired) electrons. The number of allylic oxidation sites excluding steroid dienone is 3. The van der Waals surface area contributed by atoms with E-state index in [2.05, 4.69) is 50.1 Å². The highest BCUT2D eigenvalue weighted by Crippen LogP contribution is 2.18. The smallest absolute Gasteiger partial charge is 0.0393 e. The molecular weight excluding hydrogens is 134 g/mol. The summed E-state index contributed by atoms with van der Waals surface area (Å²) in [5.74, 6) is 0. The quantitative estimate of drug-likeness (QED) is 0.511. The molecule has 0 fully saturated rings. The Labute approximate surface area is 68.7 Å². The Hall–Kier alpha value is -0.980. The van der Waals surface area contributed by atoms with Crippen LogP contribution in [-0.2, 0) is 0 Å². The molecule has 1 heterocycles. The fourth-order valence-electron chi connectivity index (χ4n) is 1.37. The third kappa shape index (κ3) is 1.53. The second kappa shape index (κ2) is 3.42. The van der Waals surface area contributed by atoms with Gasteiger partial charge in [-0.05, 0) is 19.4 Å². The Balaban J connectivity index is 2.96. The standard InChI is InChI=1S/C10H15N/c1-4-9-7-6-8-11(3)10(9)5-2/h4-7H,8H2,1-3H3/b9-4-,10-5+. The fourth-order valence-corrected chi connectivity index (χ4v) is 1.37. The molecule has 0 aromatic rings. The molecule has 0 atom stereocenters. The van der Waals surface area contributed by atoms with E-state index in [9.17, 15) is 0 Å². The van der Waals surface area contributed by atoms with Gasteiger partial charge in [-0.3, -0.25) is 0 Å². The average Bonchev–Trinajstić information content (AvgIpc) is 2.04. The molecule has 0 aromatic heterocycles. The van der Waals surface area contributed by atoms with Crippen molar-refractivity contribution in [2.24, 2.45) is 0 Å². The van der Waals surface area contributed by atoms with E-state index in [1.165, 1.54) is 11.3 Å². The highest BCUT2D eigenvalue weighted by molar-refractivity contribution is 5.40. The first-order valence-electron chi connectivity index (χ1n) is 4.00. The van der Waals surface area contributed by atoms with Crippen LogP contribution in [0.5, 0.6) is 0 Å². The maximum Gasteiger partial charge on any atom is 0.0393 e. The predicted molar refractivity (Wildman–Crippen MR) is 49.3 cm³/mol. The van der Waals surface area contributed by atoms with Gasteiger partial charge in [-0.25, -0.2) is 0 Å². The summed E-state index contributed by atoms with van der Waals surface area (Å²) in [6.45, 7) is 5.17. The zero-order chi connectivity index (χ0) is 8.27. The predicted octanol–water partition coefficient (Wildman–Crippen LogP) is 2.34. The third-order valence-electron chi connectivity index (χ3n) is 1.97. The van der Waals surface area contributed by atoms with Gasteiger partial charge in [-0.1, -0.05) is 24.3 Å². The lowest BCUT2D eigenvalue weighted by molar-refractivity contribution is 0.466. The van der Waals surface area contributed by atoms with Crippen LogP contribution in [0.2, 0.25) is 0 Å². The molecule has 60 valence electrons.